The van der Waals surface area contributed by atoms with Crippen LogP contribution in [0.3, 0.4) is 0 Å². The number of hydrogen-bond acceptors (Lipinski definition) is 3. The molecule has 0 fully saturated rings. The molecule has 1 atom stereocenters. The summed E-state index contributed by atoms with van der Waals surface area (Å²) in [4.78, 5) is 23.7. The summed E-state index contributed by atoms with van der Waals surface area (Å²) in [6.07, 6.45) is 1.43. The predicted molar refractivity (Wildman–Crippen MR) is 74.7 cm³/mol. The number of carbonyl (C=O) groups is 2. The topological polar surface area (TPSA) is 67.4 Å². The third-order valence-electron chi connectivity index (χ3n) is 3.04. The third-order valence-corrected chi connectivity index (χ3v) is 3.04. The van der Waals surface area contributed by atoms with Gasteiger partial charge in [-0.2, -0.15) is 0 Å². The van der Waals surface area contributed by atoms with Crippen LogP contribution in [0.1, 0.15) is 18.5 Å². The van der Waals surface area contributed by atoms with Crippen molar-refractivity contribution in [1.29, 1.82) is 0 Å². The number of halogens is 1. The first-order chi connectivity index (χ1) is 10.0. The minimum Gasteiger partial charge on any atom is -0.458 e. The lowest BCUT2D eigenvalue weighted by molar-refractivity contribution is -0.138. The summed E-state index contributed by atoms with van der Waals surface area (Å²) in [6.45, 7) is 5.06. The Labute approximate surface area is 121 Å². The number of nitrogens with one attached hydrogen (secondary N) is 2. The lowest BCUT2D eigenvalue weighted by Crippen LogP contribution is -2.45. The van der Waals surface area contributed by atoms with Gasteiger partial charge >= 0.3 is 12.0 Å². The first-order valence-corrected chi connectivity index (χ1v) is 6.35. The van der Waals surface area contributed by atoms with Gasteiger partial charge in [-0.15, -0.1) is 0 Å². The zero-order valence-electron chi connectivity index (χ0n) is 11.5. The summed E-state index contributed by atoms with van der Waals surface area (Å²) in [7, 11) is 0. The number of urea groups is 1. The van der Waals surface area contributed by atoms with E-state index in [4.69, 9.17) is 4.74 Å². The van der Waals surface area contributed by atoms with Crippen LogP contribution in [-0.2, 0) is 9.53 Å². The molecule has 5 nitrogen and oxygen atoms in total. The van der Waals surface area contributed by atoms with Crippen LogP contribution in [-0.4, -0.2) is 18.6 Å². The van der Waals surface area contributed by atoms with Crippen LogP contribution in [0.25, 0.3) is 0 Å². The molecule has 0 aromatic heterocycles. The molecule has 2 rings (SSSR count). The van der Waals surface area contributed by atoms with Crippen molar-refractivity contribution in [3.8, 4) is 0 Å². The molecule has 110 valence electrons. The van der Waals surface area contributed by atoms with Crippen LogP contribution in [0.5, 0.6) is 0 Å². The van der Waals surface area contributed by atoms with Gasteiger partial charge in [0.25, 0.3) is 0 Å². The van der Waals surface area contributed by atoms with Crippen LogP contribution in [0.4, 0.5) is 9.18 Å². The Kier molecular flexibility index (Phi) is 4.37. The highest BCUT2D eigenvalue weighted by Crippen LogP contribution is 2.29. The van der Waals surface area contributed by atoms with Crippen molar-refractivity contribution in [3.63, 3.8) is 0 Å². The number of carbonyl (C=O) groups excluding carboxylic acids is 2. The summed E-state index contributed by atoms with van der Waals surface area (Å²) in [6, 6.07) is 4.56. The highest BCUT2D eigenvalue weighted by molar-refractivity contribution is 5.95. The lowest BCUT2D eigenvalue weighted by Gasteiger charge is -2.28. The molecule has 2 amide bonds. The molecule has 0 saturated carbocycles. The molecular weight excluding hydrogens is 275 g/mol. The standard InChI is InChI=1S/C15H15FN2O3/c1-3-8-21-14(19)12-9(2)17-15(20)18-13(12)10-6-4-5-7-11(10)16/h3-7,13H,1,8H2,2H3,(H2,17,18,20). The Balaban J connectivity index is 2.43. The molecule has 1 aliphatic heterocycles. The minimum atomic E-state index is -0.891. The summed E-state index contributed by atoms with van der Waals surface area (Å²) < 4.78 is 19.0. The van der Waals surface area contributed by atoms with Crippen LogP contribution in [0, 0.1) is 5.82 Å². The highest BCUT2D eigenvalue weighted by atomic mass is 19.1. The molecule has 1 heterocycles. The van der Waals surface area contributed by atoms with Crippen molar-refractivity contribution in [1.82, 2.24) is 10.6 Å². The van der Waals surface area contributed by atoms with Crippen LogP contribution in [0.2, 0.25) is 0 Å². The predicted octanol–water partition coefficient (Wildman–Crippen LogP) is 2.18. The molecule has 6 heteroatoms. The second-order valence-electron chi connectivity index (χ2n) is 4.48. The van der Waals surface area contributed by atoms with Gasteiger partial charge in [-0.1, -0.05) is 30.9 Å². The second kappa shape index (κ2) is 6.21. The van der Waals surface area contributed by atoms with Crippen LogP contribution >= 0.6 is 0 Å². The third kappa shape index (κ3) is 3.10. The van der Waals surface area contributed by atoms with E-state index in [2.05, 4.69) is 17.2 Å². The Morgan fingerprint density at radius 1 is 1.48 bits per heavy atom. The first-order valence-electron chi connectivity index (χ1n) is 6.35. The number of ether oxygens (including phenoxy) is 1. The van der Waals surface area contributed by atoms with Gasteiger partial charge < -0.3 is 15.4 Å². The SMILES string of the molecule is C=CCOC(=O)C1=C(C)NC(=O)NC1c1ccccc1F. The monoisotopic (exact) mass is 290 g/mol. The van der Waals surface area contributed by atoms with E-state index in [0.717, 1.165) is 0 Å². The molecule has 1 aromatic carbocycles. The van der Waals surface area contributed by atoms with E-state index >= 15 is 0 Å². The lowest BCUT2D eigenvalue weighted by atomic mass is 9.95. The Bertz CT molecular complexity index is 625. The highest BCUT2D eigenvalue weighted by Gasteiger charge is 2.33. The van der Waals surface area contributed by atoms with Crippen molar-refractivity contribution in [2.24, 2.45) is 0 Å². The molecular formula is C15H15FN2O3. The number of amides is 2. The molecule has 2 N–H and O–H groups in total. The van der Waals surface area contributed by atoms with Gasteiger partial charge in [0.2, 0.25) is 0 Å². The van der Waals surface area contributed by atoms with Crippen molar-refractivity contribution >= 4 is 12.0 Å². The van der Waals surface area contributed by atoms with Crippen LogP contribution < -0.4 is 10.6 Å². The molecule has 1 unspecified atom stereocenters. The molecule has 0 bridgehead atoms. The minimum absolute atomic E-state index is 0.0353. The van der Waals surface area contributed by atoms with Gasteiger partial charge in [0.15, 0.2) is 0 Å². The quantitative estimate of drug-likeness (QED) is 0.660. The fraction of sp³-hybridized carbons (Fsp3) is 0.200. The fourth-order valence-corrected chi connectivity index (χ4v) is 2.12. The summed E-state index contributed by atoms with van der Waals surface area (Å²) >= 11 is 0. The molecule has 0 spiro atoms. The van der Waals surface area contributed by atoms with Gasteiger partial charge in [-0.3, -0.25) is 0 Å². The van der Waals surface area contributed by atoms with E-state index in [0.29, 0.717) is 5.70 Å². The zero-order chi connectivity index (χ0) is 15.4. The average molecular weight is 290 g/mol. The van der Waals surface area contributed by atoms with Gasteiger partial charge in [0.1, 0.15) is 12.4 Å². The van der Waals surface area contributed by atoms with E-state index in [-0.39, 0.29) is 17.7 Å². The van der Waals surface area contributed by atoms with Gasteiger partial charge in [0, 0.05) is 11.3 Å². The van der Waals surface area contributed by atoms with E-state index < -0.39 is 23.9 Å². The van der Waals surface area contributed by atoms with Gasteiger partial charge in [0.05, 0.1) is 11.6 Å². The maximum atomic E-state index is 14.0. The van der Waals surface area contributed by atoms with Gasteiger partial charge in [-0.05, 0) is 13.0 Å². The fourth-order valence-electron chi connectivity index (χ4n) is 2.12. The largest absolute Gasteiger partial charge is 0.458 e. The molecule has 0 aliphatic carbocycles. The van der Waals surface area contributed by atoms with Crippen molar-refractivity contribution in [2.45, 2.75) is 13.0 Å². The van der Waals surface area contributed by atoms with E-state index in [1.165, 1.54) is 24.3 Å². The van der Waals surface area contributed by atoms with Crippen molar-refractivity contribution in [3.05, 3.63) is 59.6 Å². The number of allylic oxidation sites excluding steroid dienone is 1. The van der Waals surface area contributed by atoms with Crippen molar-refractivity contribution < 1.29 is 18.7 Å². The Hall–Kier alpha value is -2.63. The first kappa shape index (κ1) is 14.8. The summed E-state index contributed by atoms with van der Waals surface area (Å²) in [5.74, 6) is -1.14. The molecule has 1 aliphatic rings. The smallest absolute Gasteiger partial charge is 0.338 e. The Morgan fingerprint density at radius 2 is 2.19 bits per heavy atom. The van der Waals surface area contributed by atoms with E-state index in [1.54, 1.807) is 13.0 Å². The Morgan fingerprint density at radius 3 is 2.86 bits per heavy atom. The molecule has 21 heavy (non-hydrogen) atoms. The average Bonchev–Trinajstić information content (AvgIpc) is 2.44. The molecule has 0 radical (unpaired) electrons. The second-order valence-corrected chi connectivity index (χ2v) is 4.48. The number of esters is 1. The normalized spacial score (nSPS) is 17.8. The maximum absolute atomic E-state index is 14.0. The van der Waals surface area contributed by atoms with Crippen LogP contribution in [0.15, 0.2) is 48.2 Å². The number of hydrogen-bond donors (Lipinski definition) is 2. The van der Waals surface area contributed by atoms with Crippen molar-refractivity contribution in [2.75, 3.05) is 6.61 Å². The summed E-state index contributed by atoms with van der Waals surface area (Å²) in [5.41, 5.74) is 0.708. The maximum Gasteiger partial charge on any atom is 0.338 e. The number of benzene rings is 1. The van der Waals surface area contributed by atoms with E-state index in [9.17, 15) is 14.0 Å². The zero-order valence-corrected chi connectivity index (χ0v) is 11.5. The molecule has 0 saturated heterocycles. The van der Waals surface area contributed by atoms with Gasteiger partial charge in [-0.25, -0.2) is 14.0 Å². The summed E-state index contributed by atoms with van der Waals surface area (Å²) in [5, 5.41) is 5.02. The van der Waals surface area contributed by atoms with E-state index in [1.807, 2.05) is 0 Å². The number of rotatable bonds is 4. The molecule has 1 aromatic rings.